The van der Waals surface area contributed by atoms with Crippen LogP contribution < -0.4 is 5.56 Å². The molecule has 1 atom stereocenters. The number of hydrogen-bond donors (Lipinski definition) is 0. The first-order valence-corrected chi connectivity index (χ1v) is 12.3. The lowest BCUT2D eigenvalue weighted by molar-refractivity contribution is -0.128. The zero-order valence-corrected chi connectivity index (χ0v) is 20.6. The molecule has 0 saturated heterocycles. The van der Waals surface area contributed by atoms with Gasteiger partial charge in [0.25, 0.3) is 5.56 Å². The third kappa shape index (κ3) is 4.70. The van der Waals surface area contributed by atoms with Gasteiger partial charge in [0.15, 0.2) is 5.16 Å². The Morgan fingerprint density at radius 2 is 1.79 bits per heavy atom. The van der Waals surface area contributed by atoms with Crippen LogP contribution in [0.4, 0.5) is 4.39 Å². The van der Waals surface area contributed by atoms with Crippen LogP contribution >= 0.6 is 11.8 Å². The molecule has 0 aliphatic heterocycles. The first kappa shape index (κ1) is 23.9. The number of aryl methyl sites for hydroxylation is 1. The van der Waals surface area contributed by atoms with E-state index in [0.717, 1.165) is 17.5 Å². The predicted octanol–water partition coefficient (Wildman–Crippen LogP) is 4.54. The molecule has 34 heavy (non-hydrogen) atoms. The van der Waals surface area contributed by atoms with E-state index in [4.69, 9.17) is 0 Å². The van der Waals surface area contributed by atoms with Crippen molar-refractivity contribution in [2.75, 3.05) is 12.8 Å². The number of halogens is 1. The summed E-state index contributed by atoms with van der Waals surface area (Å²) < 4.78 is 16.8. The summed E-state index contributed by atoms with van der Waals surface area (Å²) >= 11 is 1.28. The van der Waals surface area contributed by atoms with Crippen molar-refractivity contribution in [2.45, 2.75) is 44.9 Å². The van der Waals surface area contributed by atoms with Crippen molar-refractivity contribution in [1.82, 2.24) is 24.1 Å². The third-order valence-corrected chi connectivity index (χ3v) is 6.97. The number of carbonyl (C=O) groups excluding carboxylic acids is 1. The summed E-state index contributed by atoms with van der Waals surface area (Å²) in [5, 5.41) is 9.79. The predicted molar refractivity (Wildman–Crippen MR) is 133 cm³/mol. The van der Waals surface area contributed by atoms with Gasteiger partial charge in [0.1, 0.15) is 5.82 Å². The van der Waals surface area contributed by atoms with Gasteiger partial charge in [-0.05, 0) is 49.1 Å². The second-order valence-electron chi connectivity index (χ2n) is 8.80. The van der Waals surface area contributed by atoms with Crippen LogP contribution in [-0.2, 0) is 11.3 Å². The number of nitrogens with zero attached hydrogens (tertiary/aromatic N) is 5. The molecule has 0 spiro atoms. The quantitative estimate of drug-likeness (QED) is 0.346. The number of benzene rings is 2. The van der Waals surface area contributed by atoms with E-state index >= 15 is 0 Å². The van der Waals surface area contributed by atoms with Gasteiger partial charge < -0.3 is 4.90 Å². The summed E-state index contributed by atoms with van der Waals surface area (Å²) in [5.41, 5.74) is 1.49. The van der Waals surface area contributed by atoms with E-state index in [-0.39, 0.29) is 29.1 Å². The van der Waals surface area contributed by atoms with Gasteiger partial charge in [-0.15, -0.1) is 10.2 Å². The topological polar surface area (TPSA) is 72.5 Å². The van der Waals surface area contributed by atoms with Gasteiger partial charge in [0.05, 0.1) is 22.7 Å². The Morgan fingerprint density at radius 3 is 2.50 bits per heavy atom. The van der Waals surface area contributed by atoms with E-state index in [9.17, 15) is 14.0 Å². The average molecular weight is 482 g/mol. The Hall–Kier alpha value is -3.20. The minimum absolute atomic E-state index is 0.0865. The first-order chi connectivity index (χ1) is 16.3. The zero-order chi connectivity index (χ0) is 24.4. The normalized spacial score (nSPS) is 12.5. The van der Waals surface area contributed by atoms with Crippen LogP contribution in [0.25, 0.3) is 16.7 Å². The number of carbonyl (C=O) groups is 1. The van der Waals surface area contributed by atoms with Crippen molar-refractivity contribution in [2.24, 2.45) is 5.92 Å². The molecular weight excluding hydrogens is 453 g/mol. The molecule has 4 rings (SSSR count). The Bertz CT molecular complexity index is 1380. The standard InChI is InChI=1S/C25H28FN5O2S/c1-16(2)13-14-30-23(33)20-7-5-6-8-21(20)31-24(30)27-28-25(31)34-15-22(32)29(4)17(3)18-9-11-19(26)12-10-18/h5-12,16-17H,13-15H2,1-4H3. The van der Waals surface area contributed by atoms with E-state index in [1.165, 1.54) is 23.9 Å². The molecule has 2 aromatic heterocycles. The van der Waals surface area contributed by atoms with E-state index in [1.807, 2.05) is 29.5 Å². The van der Waals surface area contributed by atoms with Crippen LogP contribution in [0.2, 0.25) is 0 Å². The van der Waals surface area contributed by atoms with Crippen molar-refractivity contribution in [3.63, 3.8) is 0 Å². The van der Waals surface area contributed by atoms with E-state index in [2.05, 4.69) is 24.0 Å². The molecule has 0 aliphatic rings. The number of para-hydroxylation sites is 1. The van der Waals surface area contributed by atoms with Crippen LogP contribution in [-0.4, -0.2) is 42.8 Å². The monoisotopic (exact) mass is 481 g/mol. The third-order valence-electron chi connectivity index (χ3n) is 6.06. The van der Waals surface area contributed by atoms with Crippen LogP contribution in [0.15, 0.2) is 58.5 Å². The van der Waals surface area contributed by atoms with E-state index < -0.39 is 0 Å². The summed E-state index contributed by atoms with van der Waals surface area (Å²) in [5.74, 6) is 0.676. The highest BCUT2D eigenvalue weighted by atomic mass is 32.2. The van der Waals surface area contributed by atoms with Crippen LogP contribution in [0.1, 0.15) is 38.8 Å². The molecule has 4 aromatic rings. The number of aromatic nitrogens is 4. The van der Waals surface area contributed by atoms with Crippen molar-refractivity contribution >= 4 is 34.3 Å². The maximum Gasteiger partial charge on any atom is 0.262 e. The maximum absolute atomic E-state index is 13.2. The Kier molecular flexibility index (Phi) is 7.02. The molecule has 1 unspecified atom stereocenters. The number of fused-ring (bicyclic) bond motifs is 3. The highest BCUT2D eigenvalue weighted by molar-refractivity contribution is 7.99. The molecule has 1 amide bonds. The molecule has 2 heterocycles. The summed E-state index contributed by atoms with van der Waals surface area (Å²) in [6.07, 6.45) is 0.841. The Balaban J connectivity index is 1.62. The fourth-order valence-corrected chi connectivity index (χ4v) is 4.69. The van der Waals surface area contributed by atoms with Gasteiger partial charge in [-0.25, -0.2) is 4.39 Å². The molecule has 9 heteroatoms. The van der Waals surface area contributed by atoms with Crippen LogP contribution in [0.3, 0.4) is 0 Å². The average Bonchev–Trinajstić information content (AvgIpc) is 3.25. The summed E-state index contributed by atoms with van der Waals surface area (Å²) in [6.45, 7) is 6.68. The zero-order valence-electron chi connectivity index (χ0n) is 19.7. The largest absolute Gasteiger partial charge is 0.338 e. The van der Waals surface area contributed by atoms with Gasteiger partial charge in [-0.2, -0.15) is 0 Å². The molecule has 0 radical (unpaired) electrons. The summed E-state index contributed by atoms with van der Waals surface area (Å²) in [7, 11) is 1.73. The van der Waals surface area contributed by atoms with E-state index in [1.54, 1.807) is 34.7 Å². The second-order valence-corrected chi connectivity index (χ2v) is 9.74. The summed E-state index contributed by atoms with van der Waals surface area (Å²) in [6, 6.07) is 13.3. The minimum atomic E-state index is -0.307. The van der Waals surface area contributed by atoms with Gasteiger partial charge in [0, 0.05) is 13.6 Å². The Morgan fingerprint density at radius 1 is 1.09 bits per heavy atom. The summed E-state index contributed by atoms with van der Waals surface area (Å²) in [4.78, 5) is 27.7. The molecule has 0 N–H and O–H groups in total. The fourth-order valence-electron chi connectivity index (χ4n) is 3.82. The van der Waals surface area contributed by atoms with Crippen molar-refractivity contribution in [3.8, 4) is 0 Å². The Labute approximate surface area is 201 Å². The molecule has 0 fully saturated rings. The minimum Gasteiger partial charge on any atom is -0.338 e. The number of amides is 1. The van der Waals surface area contributed by atoms with Crippen molar-refractivity contribution in [1.29, 1.82) is 0 Å². The molecular formula is C25H28FN5O2S. The molecule has 2 aromatic carbocycles. The SMILES string of the molecule is CC(C)CCn1c(=O)c2ccccc2n2c(SCC(=O)N(C)C(C)c3ccc(F)cc3)nnc12. The molecule has 7 nitrogen and oxygen atoms in total. The van der Waals surface area contributed by atoms with Crippen LogP contribution in [0, 0.1) is 11.7 Å². The van der Waals surface area contributed by atoms with Gasteiger partial charge in [0.2, 0.25) is 11.7 Å². The lowest BCUT2D eigenvalue weighted by Gasteiger charge is -2.25. The molecule has 0 aliphatic carbocycles. The highest BCUT2D eigenvalue weighted by Gasteiger charge is 2.21. The lowest BCUT2D eigenvalue weighted by Crippen LogP contribution is -2.31. The van der Waals surface area contributed by atoms with Gasteiger partial charge in [-0.1, -0.05) is 49.9 Å². The van der Waals surface area contributed by atoms with Crippen LogP contribution in [0.5, 0.6) is 0 Å². The number of hydrogen-bond acceptors (Lipinski definition) is 5. The lowest BCUT2D eigenvalue weighted by atomic mass is 10.1. The van der Waals surface area contributed by atoms with Gasteiger partial charge >= 0.3 is 0 Å². The number of rotatable bonds is 8. The highest BCUT2D eigenvalue weighted by Crippen LogP contribution is 2.24. The molecule has 0 bridgehead atoms. The molecule has 178 valence electrons. The second kappa shape index (κ2) is 9.97. The maximum atomic E-state index is 13.2. The van der Waals surface area contributed by atoms with E-state index in [0.29, 0.717) is 28.8 Å². The smallest absolute Gasteiger partial charge is 0.262 e. The number of thioether (sulfide) groups is 1. The van der Waals surface area contributed by atoms with Gasteiger partial charge in [-0.3, -0.25) is 18.6 Å². The van der Waals surface area contributed by atoms with Crippen molar-refractivity contribution in [3.05, 3.63) is 70.3 Å². The van der Waals surface area contributed by atoms with Crippen molar-refractivity contribution < 1.29 is 9.18 Å². The molecule has 0 saturated carbocycles. The fraction of sp³-hybridized carbons (Fsp3) is 0.360. The first-order valence-electron chi connectivity index (χ1n) is 11.3.